The summed E-state index contributed by atoms with van der Waals surface area (Å²) in [5.74, 6) is -1.66. The van der Waals surface area contributed by atoms with Gasteiger partial charge in [0.1, 0.15) is 0 Å². The van der Waals surface area contributed by atoms with E-state index in [2.05, 4.69) is 0 Å². The third-order valence-electron chi connectivity index (χ3n) is 2.01. The van der Waals surface area contributed by atoms with Gasteiger partial charge in [-0.05, 0) is 12.0 Å². The molecule has 0 aliphatic carbocycles. The Morgan fingerprint density at radius 1 is 1.14 bits per heavy atom. The molecular formula is C10H11F3O. The van der Waals surface area contributed by atoms with E-state index >= 15 is 0 Å². The number of rotatable bonds is 3. The highest BCUT2D eigenvalue weighted by atomic mass is 19.4. The van der Waals surface area contributed by atoms with Gasteiger partial charge in [-0.25, -0.2) is 0 Å². The Balaban J connectivity index is 2.67. The van der Waals surface area contributed by atoms with Crippen molar-refractivity contribution in [2.24, 2.45) is 5.92 Å². The normalized spacial score (nSPS) is 14.0. The molecule has 1 N–H and O–H groups in total. The van der Waals surface area contributed by atoms with Crippen LogP contribution in [0.5, 0.6) is 0 Å². The number of hydrogen-bond donors (Lipinski definition) is 1. The van der Waals surface area contributed by atoms with Crippen molar-refractivity contribution in [3.05, 3.63) is 35.9 Å². The Labute approximate surface area is 80.2 Å². The number of aliphatic hydroxyl groups excluding tert-OH is 1. The molecule has 0 radical (unpaired) electrons. The Morgan fingerprint density at radius 2 is 1.71 bits per heavy atom. The van der Waals surface area contributed by atoms with Crippen LogP contribution >= 0.6 is 0 Å². The fraction of sp³-hybridized carbons (Fsp3) is 0.400. The number of benzene rings is 1. The number of hydrogen-bond acceptors (Lipinski definition) is 1. The Bertz CT molecular complexity index is 268. The van der Waals surface area contributed by atoms with Crippen LogP contribution in [0, 0.1) is 5.92 Å². The molecule has 1 atom stereocenters. The lowest BCUT2D eigenvalue weighted by molar-refractivity contribution is -0.183. The average molecular weight is 204 g/mol. The van der Waals surface area contributed by atoms with Gasteiger partial charge in [0.2, 0.25) is 0 Å². The number of alkyl halides is 3. The maximum Gasteiger partial charge on any atom is 0.394 e. The largest absolute Gasteiger partial charge is 0.396 e. The van der Waals surface area contributed by atoms with Crippen molar-refractivity contribution < 1.29 is 18.3 Å². The van der Waals surface area contributed by atoms with Crippen molar-refractivity contribution in [2.45, 2.75) is 12.6 Å². The van der Waals surface area contributed by atoms with Crippen molar-refractivity contribution in [2.75, 3.05) is 6.61 Å². The van der Waals surface area contributed by atoms with Crippen LogP contribution in [0.25, 0.3) is 0 Å². The third kappa shape index (κ3) is 3.03. The van der Waals surface area contributed by atoms with Gasteiger partial charge in [-0.15, -0.1) is 0 Å². The summed E-state index contributed by atoms with van der Waals surface area (Å²) in [5.41, 5.74) is 0.587. The van der Waals surface area contributed by atoms with Crippen molar-refractivity contribution in [3.8, 4) is 0 Å². The molecule has 0 unspecified atom stereocenters. The van der Waals surface area contributed by atoms with E-state index in [1.54, 1.807) is 30.3 Å². The van der Waals surface area contributed by atoms with Crippen LogP contribution in [0.4, 0.5) is 13.2 Å². The van der Waals surface area contributed by atoms with E-state index in [0.717, 1.165) is 0 Å². The summed E-state index contributed by atoms with van der Waals surface area (Å²) in [7, 11) is 0. The molecule has 0 saturated carbocycles. The molecule has 0 aromatic heterocycles. The van der Waals surface area contributed by atoms with Gasteiger partial charge in [-0.1, -0.05) is 30.3 Å². The van der Waals surface area contributed by atoms with E-state index in [9.17, 15) is 13.2 Å². The van der Waals surface area contributed by atoms with Crippen LogP contribution < -0.4 is 0 Å². The summed E-state index contributed by atoms with van der Waals surface area (Å²) in [6, 6.07) is 8.34. The molecule has 0 spiro atoms. The minimum Gasteiger partial charge on any atom is -0.396 e. The van der Waals surface area contributed by atoms with Gasteiger partial charge in [0, 0.05) is 0 Å². The first-order chi connectivity index (χ1) is 6.54. The summed E-state index contributed by atoms with van der Waals surface area (Å²) >= 11 is 0. The SMILES string of the molecule is OC[C@@H](Cc1ccccc1)C(F)(F)F. The lowest BCUT2D eigenvalue weighted by atomic mass is 10.00. The molecule has 0 heterocycles. The highest BCUT2D eigenvalue weighted by molar-refractivity contribution is 5.15. The Morgan fingerprint density at radius 3 is 2.14 bits per heavy atom. The van der Waals surface area contributed by atoms with Gasteiger partial charge >= 0.3 is 6.18 Å². The van der Waals surface area contributed by atoms with Crippen molar-refractivity contribution in [1.82, 2.24) is 0 Å². The fourth-order valence-electron chi connectivity index (χ4n) is 1.18. The first-order valence-electron chi connectivity index (χ1n) is 4.25. The van der Waals surface area contributed by atoms with Gasteiger partial charge in [-0.2, -0.15) is 13.2 Å². The van der Waals surface area contributed by atoms with Crippen LogP contribution in [0.1, 0.15) is 5.56 Å². The van der Waals surface area contributed by atoms with Crippen LogP contribution in [-0.2, 0) is 6.42 Å². The monoisotopic (exact) mass is 204 g/mol. The maximum atomic E-state index is 12.2. The molecule has 0 amide bonds. The van der Waals surface area contributed by atoms with E-state index in [0.29, 0.717) is 5.56 Å². The highest BCUT2D eigenvalue weighted by Gasteiger charge is 2.38. The third-order valence-corrected chi connectivity index (χ3v) is 2.01. The van der Waals surface area contributed by atoms with Crippen LogP contribution in [0.3, 0.4) is 0 Å². The summed E-state index contributed by atoms with van der Waals surface area (Å²) in [4.78, 5) is 0. The summed E-state index contributed by atoms with van der Waals surface area (Å²) in [6.07, 6.45) is -4.49. The zero-order valence-electron chi connectivity index (χ0n) is 7.46. The molecule has 0 aliphatic rings. The van der Waals surface area contributed by atoms with E-state index in [1.165, 1.54) is 0 Å². The predicted octanol–water partition coefficient (Wildman–Crippen LogP) is 2.40. The topological polar surface area (TPSA) is 20.2 Å². The lowest BCUT2D eigenvalue weighted by Crippen LogP contribution is -2.28. The second-order valence-electron chi connectivity index (χ2n) is 3.11. The second-order valence-corrected chi connectivity index (χ2v) is 3.11. The molecule has 4 heteroatoms. The van der Waals surface area contributed by atoms with Gasteiger partial charge in [-0.3, -0.25) is 0 Å². The number of aliphatic hydroxyl groups is 1. The molecule has 14 heavy (non-hydrogen) atoms. The Kier molecular flexibility index (Phi) is 3.52. The maximum absolute atomic E-state index is 12.2. The van der Waals surface area contributed by atoms with E-state index < -0.39 is 18.7 Å². The Hall–Kier alpha value is -1.03. The molecule has 0 fully saturated rings. The van der Waals surface area contributed by atoms with Gasteiger partial charge in [0.25, 0.3) is 0 Å². The standard InChI is InChI=1S/C10H11F3O/c11-10(12,13)9(7-14)6-8-4-2-1-3-5-8/h1-5,9,14H,6-7H2/t9-/m1/s1. The van der Waals surface area contributed by atoms with Crippen molar-refractivity contribution in [1.29, 1.82) is 0 Å². The van der Waals surface area contributed by atoms with Crippen molar-refractivity contribution >= 4 is 0 Å². The molecule has 0 saturated heterocycles. The zero-order valence-corrected chi connectivity index (χ0v) is 7.46. The molecule has 78 valence electrons. The van der Waals surface area contributed by atoms with Crippen LogP contribution in [0.2, 0.25) is 0 Å². The fourth-order valence-corrected chi connectivity index (χ4v) is 1.18. The van der Waals surface area contributed by atoms with E-state index in [4.69, 9.17) is 5.11 Å². The first kappa shape index (κ1) is 11.0. The van der Waals surface area contributed by atoms with E-state index in [1.807, 2.05) is 0 Å². The molecule has 1 aromatic rings. The van der Waals surface area contributed by atoms with Crippen LogP contribution in [0.15, 0.2) is 30.3 Å². The average Bonchev–Trinajstić information content (AvgIpc) is 2.14. The smallest absolute Gasteiger partial charge is 0.394 e. The van der Waals surface area contributed by atoms with Gasteiger partial charge in [0.15, 0.2) is 0 Å². The molecule has 0 bridgehead atoms. The van der Waals surface area contributed by atoms with Crippen molar-refractivity contribution in [3.63, 3.8) is 0 Å². The second kappa shape index (κ2) is 4.46. The molecular weight excluding hydrogens is 193 g/mol. The van der Waals surface area contributed by atoms with Crippen LogP contribution in [-0.4, -0.2) is 17.9 Å². The molecule has 1 aromatic carbocycles. The molecule has 0 aliphatic heterocycles. The van der Waals surface area contributed by atoms with Gasteiger partial charge < -0.3 is 5.11 Å². The lowest BCUT2D eigenvalue weighted by Gasteiger charge is -2.17. The minimum absolute atomic E-state index is 0.166. The minimum atomic E-state index is -4.33. The summed E-state index contributed by atoms with van der Waals surface area (Å²) < 4.78 is 36.7. The predicted molar refractivity (Wildman–Crippen MR) is 46.8 cm³/mol. The van der Waals surface area contributed by atoms with Gasteiger partial charge in [0.05, 0.1) is 12.5 Å². The first-order valence-corrected chi connectivity index (χ1v) is 4.25. The molecule has 1 nitrogen and oxygen atoms in total. The summed E-state index contributed by atoms with van der Waals surface area (Å²) in [5, 5.41) is 8.60. The summed E-state index contributed by atoms with van der Waals surface area (Å²) in [6.45, 7) is -0.863. The highest BCUT2D eigenvalue weighted by Crippen LogP contribution is 2.28. The molecule has 1 rings (SSSR count). The zero-order chi connectivity index (χ0) is 10.6. The van der Waals surface area contributed by atoms with E-state index in [-0.39, 0.29) is 6.42 Å². The quantitative estimate of drug-likeness (QED) is 0.801. The number of halogens is 3.